The summed E-state index contributed by atoms with van der Waals surface area (Å²) in [5, 5.41) is 4.84. The zero-order valence-corrected chi connectivity index (χ0v) is 23.4. The van der Waals surface area contributed by atoms with Crippen LogP contribution in [0.3, 0.4) is 0 Å². The second-order valence-electron chi connectivity index (χ2n) is 12.0. The van der Waals surface area contributed by atoms with E-state index >= 15 is 0 Å². The van der Waals surface area contributed by atoms with Gasteiger partial charge in [-0.05, 0) is 39.7 Å². The number of ether oxygens (including phenoxy) is 1. The number of hydrogen-bond acceptors (Lipinski definition) is 1. The molecule has 1 aromatic rings. The van der Waals surface area contributed by atoms with Crippen molar-refractivity contribution in [3.05, 3.63) is 53.3 Å². The zero-order chi connectivity index (χ0) is 23.1. The lowest BCUT2D eigenvalue weighted by Crippen LogP contribution is -2.54. The van der Waals surface area contributed by atoms with Gasteiger partial charge in [0, 0.05) is 0 Å². The van der Waals surface area contributed by atoms with Crippen LogP contribution in [0.25, 0.3) is 0 Å². The molecule has 0 spiro atoms. The third-order valence-corrected chi connectivity index (χ3v) is 16.5. The van der Waals surface area contributed by atoms with Gasteiger partial charge in [-0.15, -0.1) is 0 Å². The fourth-order valence-corrected chi connectivity index (χ4v) is 10.1. The summed E-state index contributed by atoms with van der Waals surface area (Å²) in [7, 11) is -3.71. The monoisotopic (exact) mass is 440 g/mol. The Morgan fingerprint density at radius 1 is 1.00 bits per heavy atom. The molecule has 0 atom stereocenters. The predicted molar refractivity (Wildman–Crippen MR) is 141 cm³/mol. The molecule has 0 saturated carbocycles. The Kier molecular flexibility index (Phi) is 6.91. The zero-order valence-electron chi connectivity index (χ0n) is 21.4. The van der Waals surface area contributed by atoms with Gasteiger partial charge >= 0.3 is 0 Å². The van der Waals surface area contributed by atoms with Crippen LogP contribution in [-0.4, -0.2) is 22.8 Å². The minimum Gasteiger partial charge on any atom is -0.490 e. The standard InChI is InChI=1S/C27H44OSi2/c1-13-17-28-25-23(18-20(2)19-24(25)30(11,12)27(6,7)8)29(9,10)22-16-14-15-21(22)26(3,4)5/h13-15,18-19H,1,16-17H2,2-12H3. The van der Waals surface area contributed by atoms with Crippen LogP contribution < -0.4 is 15.1 Å². The molecule has 1 aliphatic carbocycles. The average molecular weight is 441 g/mol. The summed E-state index contributed by atoms with van der Waals surface area (Å²) < 4.78 is 6.53. The van der Waals surface area contributed by atoms with Crippen molar-refractivity contribution in [3.8, 4) is 5.75 Å². The van der Waals surface area contributed by atoms with Crippen molar-refractivity contribution >= 4 is 26.5 Å². The summed E-state index contributed by atoms with van der Waals surface area (Å²) in [5.41, 5.74) is 3.06. The summed E-state index contributed by atoms with van der Waals surface area (Å²) in [5.74, 6) is 1.16. The lowest BCUT2D eigenvalue weighted by Gasteiger charge is -2.40. The SMILES string of the molecule is C=CCOc1c([Si](C)(C)C2=C(C(C)(C)C)C=CC2)cc(C)cc1[Si](C)(C)C(C)(C)C. The largest absolute Gasteiger partial charge is 0.490 e. The van der Waals surface area contributed by atoms with Gasteiger partial charge in [0.2, 0.25) is 0 Å². The first-order chi connectivity index (χ1) is 13.5. The summed E-state index contributed by atoms with van der Waals surface area (Å²) >= 11 is 0. The van der Waals surface area contributed by atoms with Crippen molar-refractivity contribution in [2.45, 2.75) is 86.1 Å². The molecule has 1 aromatic carbocycles. The fourth-order valence-electron chi connectivity index (χ4n) is 4.37. The minimum absolute atomic E-state index is 0.167. The van der Waals surface area contributed by atoms with Crippen LogP contribution >= 0.6 is 0 Å². The lowest BCUT2D eigenvalue weighted by atomic mass is 9.87. The molecule has 30 heavy (non-hydrogen) atoms. The van der Waals surface area contributed by atoms with Crippen LogP contribution in [0.4, 0.5) is 0 Å². The van der Waals surface area contributed by atoms with Gasteiger partial charge in [0.25, 0.3) is 0 Å². The molecule has 3 heteroatoms. The van der Waals surface area contributed by atoms with E-state index in [2.05, 4.69) is 106 Å². The van der Waals surface area contributed by atoms with Crippen molar-refractivity contribution in [1.29, 1.82) is 0 Å². The molecule has 1 nitrogen and oxygen atoms in total. The van der Waals surface area contributed by atoms with E-state index in [1.54, 1.807) is 5.20 Å². The Hall–Kier alpha value is -1.33. The van der Waals surface area contributed by atoms with Gasteiger partial charge in [-0.25, -0.2) is 0 Å². The van der Waals surface area contributed by atoms with Crippen LogP contribution in [0.2, 0.25) is 31.2 Å². The molecule has 0 N–H and O–H groups in total. The molecule has 0 amide bonds. The molecule has 0 fully saturated rings. The van der Waals surface area contributed by atoms with Gasteiger partial charge in [0.15, 0.2) is 0 Å². The van der Waals surface area contributed by atoms with Gasteiger partial charge in [0.1, 0.15) is 20.4 Å². The van der Waals surface area contributed by atoms with Gasteiger partial charge in [-0.3, -0.25) is 0 Å². The topological polar surface area (TPSA) is 9.23 Å². The minimum atomic E-state index is -1.93. The van der Waals surface area contributed by atoms with E-state index in [0.29, 0.717) is 6.61 Å². The van der Waals surface area contributed by atoms with Crippen LogP contribution in [0.5, 0.6) is 5.75 Å². The van der Waals surface area contributed by atoms with E-state index in [1.807, 2.05) is 6.08 Å². The second-order valence-corrected chi connectivity index (χ2v) is 21.7. The van der Waals surface area contributed by atoms with Crippen LogP contribution in [0, 0.1) is 12.3 Å². The first-order valence-electron chi connectivity index (χ1n) is 11.3. The first-order valence-corrected chi connectivity index (χ1v) is 17.3. The van der Waals surface area contributed by atoms with Crippen molar-refractivity contribution < 1.29 is 4.74 Å². The number of hydrogen-bond donors (Lipinski definition) is 0. The molecule has 0 unspecified atom stereocenters. The fraction of sp³-hybridized carbons (Fsp3) is 0.556. The van der Waals surface area contributed by atoms with Crippen molar-refractivity contribution in [2.75, 3.05) is 6.61 Å². The maximum Gasteiger partial charge on any atom is 0.118 e. The van der Waals surface area contributed by atoms with Crippen molar-refractivity contribution in [1.82, 2.24) is 0 Å². The van der Waals surface area contributed by atoms with Gasteiger partial charge < -0.3 is 4.74 Å². The molecule has 0 aromatic heterocycles. The molecule has 0 bridgehead atoms. The number of allylic oxidation sites excluding steroid dienone is 4. The lowest BCUT2D eigenvalue weighted by molar-refractivity contribution is 0.368. The molecule has 0 heterocycles. The van der Waals surface area contributed by atoms with Crippen molar-refractivity contribution in [3.63, 3.8) is 0 Å². The highest BCUT2D eigenvalue weighted by Crippen LogP contribution is 2.41. The van der Waals surface area contributed by atoms with Crippen LogP contribution in [-0.2, 0) is 0 Å². The highest BCUT2D eigenvalue weighted by Gasteiger charge is 2.43. The number of rotatable bonds is 6. The van der Waals surface area contributed by atoms with Gasteiger partial charge in [-0.1, -0.05) is 115 Å². The summed E-state index contributed by atoms with van der Waals surface area (Å²) in [6.45, 7) is 31.0. The molecular formula is C27H44OSi2. The molecular weight excluding hydrogens is 396 g/mol. The molecule has 0 aliphatic heterocycles. The Balaban J connectivity index is 2.84. The van der Waals surface area contributed by atoms with Crippen LogP contribution in [0.1, 0.15) is 53.5 Å². The summed E-state index contributed by atoms with van der Waals surface area (Å²) in [6.07, 6.45) is 7.69. The van der Waals surface area contributed by atoms with E-state index in [9.17, 15) is 0 Å². The van der Waals surface area contributed by atoms with Crippen molar-refractivity contribution in [2.24, 2.45) is 5.41 Å². The quantitative estimate of drug-likeness (QED) is 0.341. The summed E-state index contributed by atoms with van der Waals surface area (Å²) in [6, 6.07) is 4.84. The molecule has 1 aliphatic rings. The Labute approximate surface area is 188 Å². The normalized spacial score (nSPS) is 15.7. The first kappa shape index (κ1) is 24.9. The molecule has 0 saturated heterocycles. The van der Waals surface area contributed by atoms with Crippen LogP contribution in [0.15, 0.2) is 47.7 Å². The Bertz CT molecular complexity index is 871. The molecule has 0 radical (unpaired) electrons. The predicted octanol–water partition coefficient (Wildman–Crippen LogP) is 7.03. The number of benzene rings is 1. The smallest absolute Gasteiger partial charge is 0.118 e. The highest BCUT2D eigenvalue weighted by molar-refractivity contribution is 6.98. The highest BCUT2D eigenvalue weighted by atomic mass is 28.3. The van der Waals surface area contributed by atoms with E-state index in [1.165, 1.54) is 21.5 Å². The summed E-state index contributed by atoms with van der Waals surface area (Å²) in [4.78, 5) is 0. The third-order valence-electron chi connectivity index (χ3n) is 7.29. The van der Waals surface area contributed by atoms with E-state index in [0.717, 1.165) is 12.2 Å². The van der Waals surface area contributed by atoms with E-state index in [4.69, 9.17) is 4.74 Å². The maximum atomic E-state index is 6.53. The van der Waals surface area contributed by atoms with Gasteiger partial charge in [0.05, 0.1) is 8.07 Å². The molecule has 2 rings (SSSR count). The van der Waals surface area contributed by atoms with E-state index < -0.39 is 16.1 Å². The Morgan fingerprint density at radius 2 is 1.57 bits per heavy atom. The average Bonchev–Trinajstić information content (AvgIpc) is 3.10. The van der Waals surface area contributed by atoms with E-state index in [-0.39, 0.29) is 10.5 Å². The Morgan fingerprint density at radius 3 is 2.07 bits per heavy atom. The maximum absolute atomic E-state index is 6.53. The molecule has 166 valence electrons. The van der Waals surface area contributed by atoms with Gasteiger partial charge in [-0.2, -0.15) is 0 Å². The number of aryl methyl sites for hydroxylation is 1. The second kappa shape index (κ2) is 8.31. The third kappa shape index (κ3) is 4.62.